The van der Waals surface area contributed by atoms with Gasteiger partial charge < -0.3 is 10.2 Å². The van der Waals surface area contributed by atoms with Crippen LogP contribution in [0.5, 0.6) is 0 Å². The van der Waals surface area contributed by atoms with Crippen molar-refractivity contribution in [1.82, 2.24) is 20.1 Å². The van der Waals surface area contributed by atoms with Gasteiger partial charge in [-0.3, -0.25) is 4.90 Å². The number of hydrogen-bond donors (Lipinski definition) is 1. The molecule has 0 radical (unpaired) electrons. The lowest BCUT2D eigenvalue weighted by Gasteiger charge is -2.20. The molecule has 1 fully saturated rings. The minimum absolute atomic E-state index is 0.0228. The first-order valence-electron chi connectivity index (χ1n) is 8.74. The number of nitrogens with zero attached hydrogens (tertiary/aromatic N) is 3. The Morgan fingerprint density at radius 3 is 3.04 bits per heavy atom. The van der Waals surface area contributed by atoms with Crippen LogP contribution in [0.4, 0.5) is 4.79 Å². The standard InChI is InChI=1S/C19H26N4OS/c1-15-5-3-4-6-17(15)11-23-8-7-16(10-23)9-20-19(24)22(2)12-18-13-25-14-21-18/h3-6,13-14,16H,7-12H2,1-2H3,(H,20,24). The first kappa shape index (κ1) is 17.9. The second-order valence-electron chi connectivity index (χ2n) is 6.84. The van der Waals surface area contributed by atoms with Crippen LogP contribution in [0, 0.1) is 12.8 Å². The Morgan fingerprint density at radius 1 is 1.44 bits per heavy atom. The summed E-state index contributed by atoms with van der Waals surface area (Å²) in [5.74, 6) is 0.528. The number of benzene rings is 1. The van der Waals surface area contributed by atoms with Crippen LogP contribution in [0.1, 0.15) is 23.2 Å². The van der Waals surface area contributed by atoms with Crippen molar-refractivity contribution < 1.29 is 4.79 Å². The fourth-order valence-electron chi connectivity index (χ4n) is 3.25. The second-order valence-corrected chi connectivity index (χ2v) is 7.56. The lowest BCUT2D eigenvalue weighted by Crippen LogP contribution is -2.39. The van der Waals surface area contributed by atoms with E-state index in [1.54, 1.807) is 21.7 Å². The molecular formula is C19H26N4OS. The van der Waals surface area contributed by atoms with Gasteiger partial charge in [0.2, 0.25) is 0 Å². The number of hydrogen-bond acceptors (Lipinski definition) is 4. The highest BCUT2D eigenvalue weighted by Gasteiger charge is 2.23. The summed E-state index contributed by atoms with van der Waals surface area (Å²) in [5, 5.41) is 5.04. The van der Waals surface area contributed by atoms with Gasteiger partial charge in [0.25, 0.3) is 0 Å². The third-order valence-corrected chi connectivity index (χ3v) is 5.43. The van der Waals surface area contributed by atoms with Crippen molar-refractivity contribution in [3.05, 3.63) is 52.0 Å². The van der Waals surface area contributed by atoms with Gasteiger partial charge in [0, 0.05) is 32.1 Å². The molecule has 1 aliphatic heterocycles. The van der Waals surface area contributed by atoms with Crippen molar-refractivity contribution in [3.8, 4) is 0 Å². The van der Waals surface area contributed by atoms with Crippen molar-refractivity contribution in [1.29, 1.82) is 0 Å². The fourth-order valence-corrected chi connectivity index (χ4v) is 3.80. The maximum Gasteiger partial charge on any atom is 0.317 e. The molecule has 0 bridgehead atoms. The van der Waals surface area contributed by atoms with Crippen LogP contribution < -0.4 is 5.32 Å². The Kier molecular flexibility index (Phi) is 6.04. The number of likely N-dealkylation sites (tertiary alicyclic amines) is 1. The number of rotatable bonds is 6. The van der Waals surface area contributed by atoms with Crippen molar-refractivity contribution in [2.75, 3.05) is 26.7 Å². The number of thiazole rings is 1. The van der Waals surface area contributed by atoms with E-state index in [4.69, 9.17) is 0 Å². The number of aromatic nitrogens is 1. The summed E-state index contributed by atoms with van der Waals surface area (Å²) in [4.78, 5) is 20.6. The molecule has 1 unspecified atom stereocenters. The van der Waals surface area contributed by atoms with Gasteiger partial charge in [-0.25, -0.2) is 9.78 Å². The number of carbonyl (C=O) groups excluding carboxylic acids is 1. The first-order valence-corrected chi connectivity index (χ1v) is 9.69. The predicted octanol–water partition coefficient (Wildman–Crippen LogP) is 3.12. The maximum atomic E-state index is 12.2. The summed E-state index contributed by atoms with van der Waals surface area (Å²) in [7, 11) is 1.81. The highest BCUT2D eigenvalue weighted by atomic mass is 32.1. The molecule has 1 saturated heterocycles. The fraction of sp³-hybridized carbons (Fsp3) is 0.474. The number of carbonyl (C=O) groups is 1. The summed E-state index contributed by atoms with van der Waals surface area (Å²) in [6, 6.07) is 8.54. The van der Waals surface area contributed by atoms with Gasteiger partial charge in [-0.15, -0.1) is 11.3 Å². The summed E-state index contributed by atoms with van der Waals surface area (Å²) in [6.45, 7) is 6.61. The topological polar surface area (TPSA) is 48.5 Å². The van der Waals surface area contributed by atoms with Crippen LogP contribution >= 0.6 is 11.3 Å². The monoisotopic (exact) mass is 358 g/mol. The third-order valence-electron chi connectivity index (χ3n) is 4.80. The van der Waals surface area contributed by atoms with E-state index in [1.807, 2.05) is 12.4 Å². The van der Waals surface area contributed by atoms with Gasteiger partial charge in [0.1, 0.15) is 0 Å². The number of nitrogens with one attached hydrogen (secondary N) is 1. The molecule has 6 heteroatoms. The van der Waals surface area contributed by atoms with Crippen LogP contribution in [0.2, 0.25) is 0 Å². The number of amides is 2. The smallest absolute Gasteiger partial charge is 0.317 e. The Hall–Kier alpha value is -1.92. The zero-order valence-electron chi connectivity index (χ0n) is 14.9. The molecule has 2 amide bonds. The van der Waals surface area contributed by atoms with Crippen LogP contribution in [-0.2, 0) is 13.1 Å². The average Bonchev–Trinajstić information content (AvgIpc) is 3.26. The molecule has 134 valence electrons. The first-order chi connectivity index (χ1) is 12.1. The normalized spacial score (nSPS) is 17.6. The summed E-state index contributed by atoms with van der Waals surface area (Å²) in [6.07, 6.45) is 1.14. The second kappa shape index (κ2) is 8.45. The molecule has 3 rings (SSSR count). The number of aryl methyl sites for hydroxylation is 1. The van der Waals surface area contributed by atoms with Gasteiger partial charge in [-0.1, -0.05) is 24.3 Å². The lowest BCUT2D eigenvalue weighted by atomic mass is 10.1. The number of urea groups is 1. The van der Waals surface area contributed by atoms with Crippen LogP contribution in [0.25, 0.3) is 0 Å². The summed E-state index contributed by atoms with van der Waals surface area (Å²) < 4.78 is 0. The predicted molar refractivity (Wildman–Crippen MR) is 102 cm³/mol. The quantitative estimate of drug-likeness (QED) is 0.863. The molecule has 1 N–H and O–H groups in total. The lowest BCUT2D eigenvalue weighted by molar-refractivity contribution is 0.204. The minimum Gasteiger partial charge on any atom is -0.338 e. The molecule has 0 spiro atoms. The summed E-state index contributed by atoms with van der Waals surface area (Å²) >= 11 is 1.55. The van der Waals surface area contributed by atoms with E-state index < -0.39 is 0 Å². The molecule has 1 atom stereocenters. The molecule has 5 nitrogen and oxygen atoms in total. The van der Waals surface area contributed by atoms with Crippen LogP contribution in [0.3, 0.4) is 0 Å². The summed E-state index contributed by atoms with van der Waals surface area (Å²) in [5.41, 5.74) is 5.48. The zero-order chi connectivity index (χ0) is 17.6. The van der Waals surface area contributed by atoms with E-state index >= 15 is 0 Å². The molecule has 2 heterocycles. The third kappa shape index (κ3) is 5.03. The Morgan fingerprint density at radius 2 is 2.28 bits per heavy atom. The molecule has 2 aromatic rings. The SMILES string of the molecule is Cc1ccccc1CN1CCC(CNC(=O)N(C)Cc2cscn2)C1. The van der Waals surface area contributed by atoms with Gasteiger partial charge in [-0.2, -0.15) is 0 Å². The molecule has 0 saturated carbocycles. The molecule has 1 aliphatic rings. The maximum absolute atomic E-state index is 12.2. The van der Waals surface area contributed by atoms with E-state index in [1.165, 1.54) is 11.1 Å². The Balaban J connectivity index is 1.41. The molecule has 1 aromatic carbocycles. The minimum atomic E-state index is -0.0228. The largest absolute Gasteiger partial charge is 0.338 e. The molecule has 0 aliphatic carbocycles. The highest BCUT2D eigenvalue weighted by molar-refractivity contribution is 7.07. The zero-order valence-corrected chi connectivity index (χ0v) is 15.8. The van der Waals surface area contributed by atoms with Gasteiger partial charge in [-0.05, 0) is 36.9 Å². The van der Waals surface area contributed by atoms with E-state index in [0.29, 0.717) is 12.5 Å². The average molecular weight is 359 g/mol. The van der Waals surface area contributed by atoms with E-state index in [-0.39, 0.29) is 6.03 Å². The van der Waals surface area contributed by atoms with E-state index in [2.05, 4.69) is 46.4 Å². The van der Waals surface area contributed by atoms with Gasteiger partial charge >= 0.3 is 6.03 Å². The van der Waals surface area contributed by atoms with Gasteiger partial charge in [0.15, 0.2) is 0 Å². The Labute approximate surface area is 153 Å². The molecule has 25 heavy (non-hydrogen) atoms. The molecule has 1 aromatic heterocycles. The van der Waals surface area contributed by atoms with Crippen LogP contribution in [0.15, 0.2) is 35.2 Å². The van der Waals surface area contributed by atoms with E-state index in [9.17, 15) is 4.79 Å². The van der Waals surface area contributed by atoms with Crippen molar-refractivity contribution in [2.24, 2.45) is 5.92 Å². The van der Waals surface area contributed by atoms with Crippen molar-refractivity contribution in [3.63, 3.8) is 0 Å². The van der Waals surface area contributed by atoms with Gasteiger partial charge in [0.05, 0.1) is 17.7 Å². The van der Waals surface area contributed by atoms with Crippen molar-refractivity contribution in [2.45, 2.75) is 26.4 Å². The molecular weight excluding hydrogens is 332 g/mol. The van der Waals surface area contributed by atoms with E-state index in [0.717, 1.165) is 38.3 Å². The highest BCUT2D eigenvalue weighted by Crippen LogP contribution is 2.19. The Bertz CT molecular complexity index is 688. The van der Waals surface area contributed by atoms with Crippen molar-refractivity contribution >= 4 is 17.4 Å². The van der Waals surface area contributed by atoms with Crippen LogP contribution in [-0.4, -0.2) is 47.5 Å².